The predicted molar refractivity (Wildman–Crippen MR) is 115 cm³/mol. The van der Waals surface area contributed by atoms with E-state index in [2.05, 4.69) is 11.9 Å². The Morgan fingerprint density at radius 3 is 2.70 bits per heavy atom. The van der Waals surface area contributed by atoms with Gasteiger partial charge in [-0.1, -0.05) is 30.9 Å². The predicted octanol–water partition coefficient (Wildman–Crippen LogP) is 4.07. The fourth-order valence-corrected chi connectivity index (χ4v) is 3.78. The quantitative estimate of drug-likeness (QED) is 0.492. The second-order valence-electron chi connectivity index (χ2n) is 6.86. The van der Waals surface area contributed by atoms with Crippen LogP contribution in [0.1, 0.15) is 18.5 Å². The summed E-state index contributed by atoms with van der Waals surface area (Å²) in [5, 5.41) is 3.26. The second kappa shape index (κ2) is 7.94. The standard InChI is InChI=1S/C23H23N3O4/c1-5-12-30-22(27)20-14(2)24-23-25-16-8-6-7-9-17(16)26(23)21(20)15-10-11-18(28-3)19(13-15)29-4/h5-11,13,21H,1,12H2,2-4H3,(H,24,25)/t21-/m1/s1. The second-order valence-corrected chi connectivity index (χ2v) is 6.86. The number of anilines is 1. The number of fused-ring (bicyclic) bond motifs is 3. The number of carbonyl (C=O) groups excluding carboxylic acids is 1. The lowest BCUT2D eigenvalue weighted by atomic mass is 9.94. The normalized spacial score (nSPS) is 15.4. The molecule has 0 saturated heterocycles. The van der Waals surface area contributed by atoms with Crippen molar-refractivity contribution >= 4 is 23.0 Å². The van der Waals surface area contributed by atoms with Gasteiger partial charge in [0, 0.05) is 5.70 Å². The zero-order valence-corrected chi connectivity index (χ0v) is 17.1. The van der Waals surface area contributed by atoms with Gasteiger partial charge in [0.2, 0.25) is 5.95 Å². The molecule has 1 aromatic heterocycles. The third-order valence-electron chi connectivity index (χ3n) is 5.11. The van der Waals surface area contributed by atoms with Crippen LogP contribution >= 0.6 is 0 Å². The van der Waals surface area contributed by atoms with Crippen LogP contribution in [0.15, 0.2) is 66.4 Å². The van der Waals surface area contributed by atoms with Gasteiger partial charge in [-0.05, 0) is 36.8 Å². The number of benzene rings is 2. The van der Waals surface area contributed by atoms with Crippen LogP contribution in [0, 0.1) is 0 Å². The number of methoxy groups -OCH3 is 2. The number of allylic oxidation sites excluding steroid dienone is 1. The van der Waals surface area contributed by atoms with Gasteiger partial charge in [-0.3, -0.25) is 4.57 Å². The van der Waals surface area contributed by atoms with Crippen LogP contribution in [0.2, 0.25) is 0 Å². The van der Waals surface area contributed by atoms with Gasteiger partial charge < -0.3 is 19.5 Å². The Morgan fingerprint density at radius 1 is 1.20 bits per heavy atom. The number of ether oxygens (including phenoxy) is 3. The van der Waals surface area contributed by atoms with Crippen molar-refractivity contribution in [3.63, 3.8) is 0 Å². The Labute approximate surface area is 174 Å². The molecule has 2 heterocycles. The maximum absolute atomic E-state index is 13.0. The van der Waals surface area contributed by atoms with Crippen LogP contribution in [0.25, 0.3) is 11.0 Å². The zero-order valence-electron chi connectivity index (χ0n) is 17.1. The van der Waals surface area contributed by atoms with Crippen LogP contribution in [0.5, 0.6) is 11.5 Å². The molecule has 0 radical (unpaired) electrons. The molecular weight excluding hydrogens is 382 g/mol. The molecule has 0 amide bonds. The fraction of sp³-hybridized carbons (Fsp3) is 0.217. The van der Waals surface area contributed by atoms with E-state index in [9.17, 15) is 4.79 Å². The minimum atomic E-state index is -0.453. The molecule has 2 aromatic carbocycles. The Hall–Kier alpha value is -3.74. The highest BCUT2D eigenvalue weighted by molar-refractivity contribution is 5.94. The number of aromatic nitrogens is 2. The Morgan fingerprint density at radius 2 is 1.97 bits per heavy atom. The molecule has 0 bridgehead atoms. The molecule has 4 rings (SSSR count). The molecule has 0 unspecified atom stereocenters. The summed E-state index contributed by atoms with van der Waals surface area (Å²) < 4.78 is 18.3. The maximum Gasteiger partial charge on any atom is 0.338 e. The first-order chi connectivity index (χ1) is 14.6. The molecule has 0 saturated carbocycles. The van der Waals surface area contributed by atoms with Gasteiger partial charge in [-0.25, -0.2) is 9.78 Å². The summed E-state index contributed by atoms with van der Waals surface area (Å²) in [7, 11) is 3.17. The molecule has 154 valence electrons. The van der Waals surface area contributed by atoms with Crippen LogP contribution in [-0.2, 0) is 9.53 Å². The van der Waals surface area contributed by atoms with Gasteiger partial charge in [-0.15, -0.1) is 0 Å². The molecule has 7 heteroatoms. The number of imidazole rings is 1. The first-order valence-corrected chi connectivity index (χ1v) is 9.53. The smallest absolute Gasteiger partial charge is 0.338 e. The van der Waals surface area contributed by atoms with E-state index in [0.29, 0.717) is 28.7 Å². The minimum absolute atomic E-state index is 0.131. The van der Waals surface area contributed by atoms with Crippen LogP contribution in [0.3, 0.4) is 0 Å². The Kier molecular flexibility index (Phi) is 5.18. The van der Waals surface area contributed by atoms with E-state index in [4.69, 9.17) is 19.2 Å². The summed E-state index contributed by atoms with van der Waals surface area (Å²) in [6.45, 7) is 5.61. The number of rotatable bonds is 6. The van der Waals surface area contributed by atoms with Gasteiger partial charge in [0.15, 0.2) is 11.5 Å². The van der Waals surface area contributed by atoms with E-state index in [-0.39, 0.29) is 6.61 Å². The molecular formula is C23H23N3O4. The van der Waals surface area contributed by atoms with Crippen LogP contribution in [-0.4, -0.2) is 36.3 Å². The number of nitrogens with one attached hydrogen (secondary N) is 1. The van der Waals surface area contributed by atoms with Gasteiger partial charge in [0.05, 0.1) is 36.9 Å². The number of para-hydroxylation sites is 2. The number of nitrogens with zero attached hydrogens (tertiary/aromatic N) is 2. The fourth-order valence-electron chi connectivity index (χ4n) is 3.78. The lowest BCUT2D eigenvalue weighted by Gasteiger charge is -2.30. The summed E-state index contributed by atoms with van der Waals surface area (Å²) >= 11 is 0. The summed E-state index contributed by atoms with van der Waals surface area (Å²) in [6.07, 6.45) is 1.55. The maximum atomic E-state index is 13.0. The molecule has 0 fully saturated rings. The van der Waals surface area contributed by atoms with Crippen molar-refractivity contribution < 1.29 is 19.0 Å². The van der Waals surface area contributed by atoms with Crippen molar-refractivity contribution in [1.82, 2.24) is 9.55 Å². The number of carbonyl (C=O) groups is 1. The molecule has 0 aliphatic carbocycles. The summed E-state index contributed by atoms with van der Waals surface area (Å²) in [5.74, 6) is 1.44. The molecule has 0 spiro atoms. The lowest BCUT2D eigenvalue weighted by Crippen LogP contribution is -2.29. The van der Waals surface area contributed by atoms with Gasteiger partial charge >= 0.3 is 5.97 Å². The number of esters is 1. The van der Waals surface area contributed by atoms with Gasteiger partial charge in [0.1, 0.15) is 6.61 Å². The van der Waals surface area contributed by atoms with Crippen LogP contribution in [0.4, 0.5) is 5.95 Å². The average molecular weight is 405 g/mol. The molecule has 7 nitrogen and oxygen atoms in total. The van der Waals surface area contributed by atoms with Crippen molar-refractivity contribution in [3.8, 4) is 11.5 Å². The van der Waals surface area contributed by atoms with Gasteiger partial charge in [0.25, 0.3) is 0 Å². The van der Waals surface area contributed by atoms with E-state index in [1.807, 2.05) is 54.0 Å². The molecule has 1 atom stereocenters. The SMILES string of the molecule is C=CCOC(=O)C1=C(C)Nc2nc3ccccc3n2[C@@H]1c1ccc(OC)c(OC)c1. The van der Waals surface area contributed by atoms with Crippen molar-refractivity contribution in [2.75, 3.05) is 26.1 Å². The number of hydrogen-bond acceptors (Lipinski definition) is 6. The molecule has 3 aromatic rings. The van der Waals surface area contributed by atoms with E-state index < -0.39 is 12.0 Å². The largest absolute Gasteiger partial charge is 0.493 e. The first kappa shape index (κ1) is 19.6. The molecule has 30 heavy (non-hydrogen) atoms. The first-order valence-electron chi connectivity index (χ1n) is 9.53. The van der Waals surface area contributed by atoms with E-state index in [0.717, 1.165) is 16.6 Å². The van der Waals surface area contributed by atoms with Crippen molar-refractivity contribution in [3.05, 3.63) is 72.0 Å². The third-order valence-corrected chi connectivity index (χ3v) is 5.11. The molecule has 1 N–H and O–H groups in total. The van der Waals surface area contributed by atoms with Crippen molar-refractivity contribution in [1.29, 1.82) is 0 Å². The minimum Gasteiger partial charge on any atom is -0.493 e. The van der Waals surface area contributed by atoms with Crippen LogP contribution < -0.4 is 14.8 Å². The van der Waals surface area contributed by atoms with Gasteiger partial charge in [-0.2, -0.15) is 0 Å². The highest BCUT2D eigenvalue weighted by Crippen LogP contribution is 2.41. The summed E-state index contributed by atoms with van der Waals surface area (Å²) in [6, 6.07) is 13.0. The highest BCUT2D eigenvalue weighted by atomic mass is 16.5. The van der Waals surface area contributed by atoms with E-state index in [1.54, 1.807) is 20.3 Å². The Bertz CT molecular complexity index is 1160. The van der Waals surface area contributed by atoms with E-state index >= 15 is 0 Å². The zero-order chi connectivity index (χ0) is 21.3. The highest BCUT2D eigenvalue weighted by Gasteiger charge is 2.35. The molecule has 1 aliphatic heterocycles. The number of hydrogen-bond donors (Lipinski definition) is 1. The van der Waals surface area contributed by atoms with E-state index in [1.165, 1.54) is 0 Å². The lowest BCUT2D eigenvalue weighted by molar-refractivity contribution is -0.138. The Balaban J connectivity index is 1.95. The van der Waals surface area contributed by atoms with Crippen molar-refractivity contribution in [2.45, 2.75) is 13.0 Å². The summed E-state index contributed by atoms with van der Waals surface area (Å²) in [4.78, 5) is 17.7. The van der Waals surface area contributed by atoms with Crippen molar-refractivity contribution in [2.24, 2.45) is 0 Å². The monoisotopic (exact) mass is 405 g/mol. The molecule has 1 aliphatic rings. The summed E-state index contributed by atoms with van der Waals surface area (Å²) in [5.41, 5.74) is 3.77. The average Bonchev–Trinajstić information content (AvgIpc) is 3.13. The third kappa shape index (κ3) is 3.18. The topological polar surface area (TPSA) is 74.6 Å².